The summed E-state index contributed by atoms with van der Waals surface area (Å²) in [4.78, 5) is 20.5. The van der Waals surface area contributed by atoms with Gasteiger partial charge in [0.2, 0.25) is 5.78 Å². The van der Waals surface area contributed by atoms with Gasteiger partial charge in [0, 0.05) is 11.1 Å². The fourth-order valence-corrected chi connectivity index (χ4v) is 1.99. The van der Waals surface area contributed by atoms with Crippen LogP contribution in [0.1, 0.15) is 27.4 Å². The standard InChI is InChI=1S/C13H7N3O/c1-7-10(6-14)16-12-11(15-7)8-4-2-3-5-9(8)13(12)17/h2-5H,1H3. The number of benzene rings is 1. The second-order valence-corrected chi connectivity index (χ2v) is 3.84. The Labute approximate surface area is 97.6 Å². The highest BCUT2D eigenvalue weighted by atomic mass is 16.1. The predicted molar refractivity (Wildman–Crippen MR) is 60.4 cm³/mol. The van der Waals surface area contributed by atoms with Crippen molar-refractivity contribution in [2.24, 2.45) is 0 Å². The number of aryl methyl sites for hydroxylation is 1. The van der Waals surface area contributed by atoms with Crippen LogP contribution in [0.4, 0.5) is 0 Å². The van der Waals surface area contributed by atoms with Crippen LogP contribution in [-0.2, 0) is 0 Å². The van der Waals surface area contributed by atoms with Crippen molar-refractivity contribution in [3.05, 3.63) is 46.9 Å². The minimum absolute atomic E-state index is 0.153. The number of aromatic nitrogens is 2. The molecule has 0 saturated heterocycles. The van der Waals surface area contributed by atoms with Crippen LogP contribution >= 0.6 is 0 Å². The largest absolute Gasteiger partial charge is 0.287 e. The van der Waals surface area contributed by atoms with Crippen molar-refractivity contribution in [1.29, 1.82) is 5.26 Å². The van der Waals surface area contributed by atoms with E-state index in [4.69, 9.17) is 5.26 Å². The SMILES string of the molecule is Cc1nc2c(nc1C#N)C(=O)c1ccccc1-2. The maximum Gasteiger partial charge on any atom is 0.214 e. The summed E-state index contributed by atoms with van der Waals surface area (Å²) in [5.41, 5.74) is 3.04. The van der Waals surface area contributed by atoms with Crippen molar-refractivity contribution in [1.82, 2.24) is 9.97 Å². The molecule has 1 aromatic heterocycles. The van der Waals surface area contributed by atoms with Crippen molar-refractivity contribution in [3.8, 4) is 17.3 Å². The number of nitrogens with zero attached hydrogens (tertiary/aromatic N) is 3. The molecular formula is C13H7N3O. The molecule has 4 nitrogen and oxygen atoms in total. The van der Waals surface area contributed by atoms with Crippen LogP contribution in [0.15, 0.2) is 24.3 Å². The van der Waals surface area contributed by atoms with Gasteiger partial charge in [-0.2, -0.15) is 5.26 Å². The third-order valence-corrected chi connectivity index (χ3v) is 2.82. The highest BCUT2D eigenvalue weighted by Gasteiger charge is 2.30. The van der Waals surface area contributed by atoms with Crippen molar-refractivity contribution < 1.29 is 4.79 Å². The fourth-order valence-electron chi connectivity index (χ4n) is 1.99. The highest BCUT2D eigenvalue weighted by molar-refractivity contribution is 6.19. The summed E-state index contributed by atoms with van der Waals surface area (Å²) < 4.78 is 0. The van der Waals surface area contributed by atoms with Gasteiger partial charge in [0.25, 0.3) is 0 Å². The summed E-state index contributed by atoms with van der Waals surface area (Å²) in [6.45, 7) is 1.72. The molecular weight excluding hydrogens is 214 g/mol. The zero-order chi connectivity index (χ0) is 12.0. The topological polar surface area (TPSA) is 66.6 Å². The Morgan fingerprint density at radius 2 is 1.82 bits per heavy atom. The molecule has 1 heterocycles. The van der Waals surface area contributed by atoms with Gasteiger partial charge in [-0.25, -0.2) is 9.97 Å². The van der Waals surface area contributed by atoms with Crippen LogP contribution < -0.4 is 0 Å². The summed E-state index contributed by atoms with van der Waals surface area (Å²) in [5.74, 6) is -0.153. The molecule has 0 aliphatic heterocycles. The highest BCUT2D eigenvalue weighted by Crippen LogP contribution is 2.33. The summed E-state index contributed by atoms with van der Waals surface area (Å²) in [5, 5.41) is 8.89. The number of rotatable bonds is 0. The van der Waals surface area contributed by atoms with Crippen LogP contribution in [0.25, 0.3) is 11.3 Å². The van der Waals surface area contributed by atoms with E-state index in [1.807, 2.05) is 18.2 Å². The van der Waals surface area contributed by atoms with Gasteiger partial charge >= 0.3 is 0 Å². The van der Waals surface area contributed by atoms with Crippen molar-refractivity contribution in [3.63, 3.8) is 0 Å². The molecule has 0 atom stereocenters. The first-order valence-electron chi connectivity index (χ1n) is 5.15. The maximum absolute atomic E-state index is 12.1. The van der Waals surface area contributed by atoms with E-state index in [9.17, 15) is 4.79 Å². The lowest BCUT2D eigenvalue weighted by Crippen LogP contribution is -2.03. The lowest BCUT2D eigenvalue weighted by Gasteiger charge is -2.00. The van der Waals surface area contributed by atoms with E-state index in [2.05, 4.69) is 9.97 Å². The molecule has 0 saturated carbocycles. The molecule has 0 bridgehead atoms. The van der Waals surface area contributed by atoms with E-state index < -0.39 is 0 Å². The predicted octanol–water partition coefficient (Wildman–Crippen LogP) is 1.87. The van der Waals surface area contributed by atoms with Crippen LogP contribution in [0.2, 0.25) is 0 Å². The Morgan fingerprint density at radius 1 is 1.12 bits per heavy atom. The van der Waals surface area contributed by atoms with Crippen LogP contribution in [0, 0.1) is 18.3 Å². The van der Waals surface area contributed by atoms with E-state index >= 15 is 0 Å². The average molecular weight is 221 g/mol. The number of hydrogen-bond donors (Lipinski definition) is 0. The second-order valence-electron chi connectivity index (χ2n) is 3.84. The molecule has 0 unspecified atom stereocenters. The van der Waals surface area contributed by atoms with Gasteiger partial charge in [0.05, 0.1) is 5.69 Å². The summed E-state index contributed by atoms with van der Waals surface area (Å²) in [6.07, 6.45) is 0. The number of carbonyl (C=O) groups excluding carboxylic acids is 1. The van der Waals surface area contributed by atoms with Gasteiger partial charge < -0.3 is 0 Å². The molecule has 2 aromatic rings. The molecule has 0 fully saturated rings. The van der Waals surface area contributed by atoms with E-state index in [0.29, 0.717) is 17.0 Å². The molecule has 4 heteroatoms. The molecule has 3 rings (SSSR count). The molecule has 0 amide bonds. The Morgan fingerprint density at radius 3 is 2.53 bits per heavy atom. The summed E-state index contributed by atoms with van der Waals surface area (Å²) in [7, 11) is 0. The number of nitriles is 1. The monoisotopic (exact) mass is 221 g/mol. The molecule has 0 spiro atoms. The second kappa shape index (κ2) is 3.22. The molecule has 80 valence electrons. The smallest absolute Gasteiger partial charge is 0.214 e. The summed E-state index contributed by atoms with van der Waals surface area (Å²) >= 11 is 0. The molecule has 1 aliphatic carbocycles. The lowest BCUT2D eigenvalue weighted by atomic mass is 10.1. The van der Waals surface area contributed by atoms with Gasteiger partial charge in [0.1, 0.15) is 17.5 Å². The third-order valence-electron chi connectivity index (χ3n) is 2.82. The van der Waals surface area contributed by atoms with E-state index in [0.717, 1.165) is 5.56 Å². The zero-order valence-electron chi connectivity index (χ0n) is 9.06. The Balaban J connectivity index is 2.37. The van der Waals surface area contributed by atoms with Gasteiger partial charge in [-0.05, 0) is 6.92 Å². The van der Waals surface area contributed by atoms with Crippen molar-refractivity contribution >= 4 is 5.78 Å². The summed E-state index contributed by atoms with van der Waals surface area (Å²) in [6, 6.07) is 9.21. The first-order valence-corrected chi connectivity index (χ1v) is 5.15. The molecule has 17 heavy (non-hydrogen) atoms. The van der Waals surface area contributed by atoms with Gasteiger partial charge in [-0.1, -0.05) is 24.3 Å². The first-order chi connectivity index (χ1) is 8.22. The minimum atomic E-state index is -0.153. The molecule has 1 aromatic carbocycles. The van der Waals surface area contributed by atoms with Crippen LogP contribution in [0.3, 0.4) is 0 Å². The van der Waals surface area contributed by atoms with Crippen LogP contribution in [-0.4, -0.2) is 15.8 Å². The quantitative estimate of drug-likeness (QED) is 0.581. The fraction of sp³-hybridized carbons (Fsp3) is 0.0769. The lowest BCUT2D eigenvalue weighted by molar-refractivity contribution is 0.103. The van der Waals surface area contributed by atoms with Crippen LogP contribution in [0.5, 0.6) is 0 Å². The van der Waals surface area contributed by atoms with E-state index in [1.54, 1.807) is 19.1 Å². The Bertz CT molecular complexity index is 698. The minimum Gasteiger partial charge on any atom is -0.287 e. The number of ketones is 1. The van der Waals surface area contributed by atoms with E-state index in [1.165, 1.54) is 0 Å². The third kappa shape index (κ3) is 1.20. The van der Waals surface area contributed by atoms with Gasteiger partial charge in [-0.15, -0.1) is 0 Å². The van der Waals surface area contributed by atoms with Crippen molar-refractivity contribution in [2.75, 3.05) is 0 Å². The maximum atomic E-state index is 12.1. The van der Waals surface area contributed by atoms with Crippen molar-refractivity contribution in [2.45, 2.75) is 6.92 Å². The normalized spacial score (nSPS) is 11.9. The average Bonchev–Trinajstić information content (AvgIpc) is 2.63. The van der Waals surface area contributed by atoms with Gasteiger partial charge in [-0.3, -0.25) is 4.79 Å². The number of carbonyl (C=O) groups is 1. The molecule has 0 radical (unpaired) electrons. The Kier molecular flexibility index (Phi) is 1.83. The number of fused-ring (bicyclic) bond motifs is 3. The zero-order valence-corrected chi connectivity index (χ0v) is 9.06. The number of hydrogen-bond acceptors (Lipinski definition) is 4. The Hall–Kier alpha value is -2.54. The molecule has 0 N–H and O–H groups in total. The first kappa shape index (κ1) is 9.67. The van der Waals surface area contributed by atoms with E-state index in [-0.39, 0.29) is 17.2 Å². The van der Waals surface area contributed by atoms with Gasteiger partial charge in [0.15, 0.2) is 5.69 Å². The molecule has 1 aliphatic rings.